The zero-order chi connectivity index (χ0) is 16.3. The molecule has 2 N–H and O–H groups in total. The van der Waals surface area contributed by atoms with Crippen molar-refractivity contribution >= 4 is 39.5 Å². The molecule has 1 amide bonds. The SMILES string of the molecule is Cl.O=C(NC1CCNCC1)c1ccc(S(=O)(=O)c2ccccc2)s1. The van der Waals surface area contributed by atoms with E-state index in [1.54, 1.807) is 36.4 Å². The fraction of sp³-hybridized carbons (Fsp3) is 0.312. The molecule has 1 aliphatic rings. The van der Waals surface area contributed by atoms with Crippen molar-refractivity contribution < 1.29 is 13.2 Å². The van der Waals surface area contributed by atoms with Gasteiger partial charge in [-0.2, -0.15) is 0 Å². The summed E-state index contributed by atoms with van der Waals surface area (Å²) in [5.41, 5.74) is 0. The van der Waals surface area contributed by atoms with Gasteiger partial charge in [-0.1, -0.05) is 18.2 Å². The Bertz CT molecular complexity index is 785. The number of carbonyl (C=O) groups is 1. The summed E-state index contributed by atoms with van der Waals surface area (Å²) in [7, 11) is -3.56. The van der Waals surface area contributed by atoms with Crippen molar-refractivity contribution in [2.45, 2.75) is 28.0 Å². The van der Waals surface area contributed by atoms with E-state index in [-0.39, 0.29) is 33.5 Å². The van der Waals surface area contributed by atoms with Crippen molar-refractivity contribution in [1.29, 1.82) is 0 Å². The first kappa shape index (κ1) is 18.9. The third kappa shape index (κ3) is 4.16. The molecule has 8 heteroatoms. The number of sulfone groups is 1. The molecule has 1 saturated heterocycles. The molecule has 3 rings (SSSR count). The fourth-order valence-electron chi connectivity index (χ4n) is 2.53. The average molecular weight is 387 g/mol. The van der Waals surface area contributed by atoms with Crippen LogP contribution in [0.15, 0.2) is 51.6 Å². The lowest BCUT2D eigenvalue weighted by atomic mass is 10.1. The lowest BCUT2D eigenvalue weighted by Gasteiger charge is -2.23. The fourth-order valence-corrected chi connectivity index (χ4v) is 5.16. The van der Waals surface area contributed by atoms with Crippen LogP contribution in [0, 0.1) is 0 Å². The quantitative estimate of drug-likeness (QED) is 0.846. The Balaban J connectivity index is 0.00000208. The molecule has 0 bridgehead atoms. The summed E-state index contributed by atoms with van der Waals surface area (Å²) in [6.45, 7) is 1.78. The second-order valence-electron chi connectivity index (χ2n) is 5.43. The maximum atomic E-state index is 12.5. The second-order valence-corrected chi connectivity index (χ2v) is 8.69. The molecular weight excluding hydrogens is 368 g/mol. The predicted octanol–water partition coefficient (Wildman–Crippen LogP) is 2.48. The number of nitrogens with one attached hydrogen (secondary N) is 2. The lowest BCUT2D eigenvalue weighted by molar-refractivity contribution is 0.0933. The van der Waals surface area contributed by atoms with Gasteiger partial charge in [0.05, 0.1) is 9.77 Å². The van der Waals surface area contributed by atoms with E-state index in [4.69, 9.17) is 0 Å². The van der Waals surface area contributed by atoms with Crippen LogP contribution >= 0.6 is 23.7 Å². The first-order valence-electron chi connectivity index (χ1n) is 7.49. The van der Waals surface area contributed by atoms with E-state index >= 15 is 0 Å². The van der Waals surface area contributed by atoms with Crippen LogP contribution in [0.2, 0.25) is 0 Å². The summed E-state index contributed by atoms with van der Waals surface area (Å²) in [6, 6.07) is 11.5. The summed E-state index contributed by atoms with van der Waals surface area (Å²) in [5.74, 6) is -0.198. The van der Waals surface area contributed by atoms with E-state index in [1.165, 1.54) is 6.07 Å². The number of amides is 1. The Kier molecular flexibility index (Phi) is 6.40. The Morgan fingerprint density at radius 3 is 2.42 bits per heavy atom. The first-order chi connectivity index (χ1) is 11.1. The van der Waals surface area contributed by atoms with Crippen molar-refractivity contribution in [1.82, 2.24) is 10.6 Å². The van der Waals surface area contributed by atoms with Crippen LogP contribution in [0.1, 0.15) is 22.5 Å². The van der Waals surface area contributed by atoms with Gasteiger partial charge in [0.2, 0.25) is 9.84 Å². The molecule has 0 aliphatic carbocycles. The second kappa shape index (κ2) is 8.11. The molecule has 5 nitrogen and oxygen atoms in total. The van der Waals surface area contributed by atoms with Gasteiger partial charge in [0.15, 0.2) is 0 Å². The van der Waals surface area contributed by atoms with Crippen molar-refractivity contribution in [3.63, 3.8) is 0 Å². The van der Waals surface area contributed by atoms with Crippen LogP contribution in [0.25, 0.3) is 0 Å². The average Bonchev–Trinajstić information content (AvgIpc) is 3.07. The van der Waals surface area contributed by atoms with E-state index in [0.717, 1.165) is 37.3 Å². The minimum absolute atomic E-state index is 0. The van der Waals surface area contributed by atoms with Crippen LogP contribution in [-0.4, -0.2) is 33.5 Å². The van der Waals surface area contributed by atoms with Gasteiger partial charge in [0, 0.05) is 6.04 Å². The molecule has 0 unspecified atom stereocenters. The number of halogens is 1. The zero-order valence-corrected chi connectivity index (χ0v) is 15.3. The number of hydrogen-bond donors (Lipinski definition) is 2. The Labute approximate surface area is 151 Å². The lowest BCUT2D eigenvalue weighted by Crippen LogP contribution is -2.42. The van der Waals surface area contributed by atoms with E-state index in [9.17, 15) is 13.2 Å². The maximum absolute atomic E-state index is 12.5. The molecular formula is C16H19ClN2O3S2. The molecule has 1 fully saturated rings. The Hall–Kier alpha value is -1.41. The van der Waals surface area contributed by atoms with Crippen molar-refractivity contribution in [2.24, 2.45) is 0 Å². The van der Waals surface area contributed by atoms with Crippen LogP contribution in [0.4, 0.5) is 0 Å². The smallest absolute Gasteiger partial charge is 0.261 e. The highest BCUT2D eigenvalue weighted by molar-refractivity contribution is 7.93. The van der Waals surface area contributed by atoms with Crippen molar-refractivity contribution in [3.05, 3.63) is 47.3 Å². The number of hydrogen-bond acceptors (Lipinski definition) is 5. The molecule has 1 aliphatic heterocycles. The van der Waals surface area contributed by atoms with Gasteiger partial charge in [-0.3, -0.25) is 4.79 Å². The van der Waals surface area contributed by atoms with Crippen LogP contribution in [0.5, 0.6) is 0 Å². The van der Waals surface area contributed by atoms with Gasteiger partial charge in [-0.15, -0.1) is 23.7 Å². The topological polar surface area (TPSA) is 75.3 Å². The molecule has 0 radical (unpaired) electrons. The highest BCUT2D eigenvalue weighted by Gasteiger charge is 2.23. The van der Waals surface area contributed by atoms with E-state index < -0.39 is 9.84 Å². The van der Waals surface area contributed by atoms with Crippen LogP contribution in [0.3, 0.4) is 0 Å². The number of rotatable bonds is 4. The summed E-state index contributed by atoms with van der Waals surface area (Å²) >= 11 is 1.02. The standard InChI is InChI=1S/C16H18N2O3S2.ClH/c19-16(18-12-8-10-17-11-9-12)14-6-7-15(22-14)23(20,21)13-4-2-1-3-5-13;/h1-7,12,17H,8-11H2,(H,18,19);1H. The number of piperidine rings is 1. The van der Waals surface area contributed by atoms with Gasteiger partial charge in [0.25, 0.3) is 5.91 Å². The molecule has 0 spiro atoms. The van der Waals surface area contributed by atoms with Crippen LogP contribution in [-0.2, 0) is 9.84 Å². The van der Waals surface area contributed by atoms with Crippen molar-refractivity contribution in [3.8, 4) is 0 Å². The number of thiophene rings is 1. The molecule has 0 atom stereocenters. The maximum Gasteiger partial charge on any atom is 0.261 e. The normalized spacial score (nSPS) is 15.5. The van der Waals surface area contributed by atoms with E-state index in [2.05, 4.69) is 10.6 Å². The summed E-state index contributed by atoms with van der Waals surface area (Å²) in [6.07, 6.45) is 1.79. The highest BCUT2D eigenvalue weighted by Crippen LogP contribution is 2.27. The van der Waals surface area contributed by atoms with E-state index in [1.807, 2.05) is 0 Å². The van der Waals surface area contributed by atoms with Gasteiger partial charge in [-0.25, -0.2) is 8.42 Å². The van der Waals surface area contributed by atoms with E-state index in [0.29, 0.717) is 4.88 Å². The number of benzene rings is 1. The van der Waals surface area contributed by atoms with Gasteiger partial charge in [0.1, 0.15) is 4.21 Å². The predicted molar refractivity (Wildman–Crippen MR) is 96.8 cm³/mol. The van der Waals surface area contributed by atoms with Gasteiger partial charge < -0.3 is 10.6 Å². The van der Waals surface area contributed by atoms with Gasteiger partial charge in [-0.05, 0) is 50.2 Å². The molecule has 0 saturated carbocycles. The Morgan fingerprint density at radius 1 is 1.08 bits per heavy atom. The summed E-state index contributed by atoms with van der Waals surface area (Å²) in [4.78, 5) is 12.9. The molecule has 130 valence electrons. The summed E-state index contributed by atoms with van der Waals surface area (Å²) < 4.78 is 25.3. The molecule has 24 heavy (non-hydrogen) atoms. The third-order valence-corrected chi connectivity index (χ3v) is 7.14. The minimum Gasteiger partial charge on any atom is -0.349 e. The third-order valence-electron chi connectivity index (χ3n) is 3.80. The van der Waals surface area contributed by atoms with Crippen LogP contribution < -0.4 is 10.6 Å². The minimum atomic E-state index is -3.56. The highest BCUT2D eigenvalue weighted by atomic mass is 35.5. The van der Waals surface area contributed by atoms with Gasteiger partial charge >= 0.3 is 0 Å². The zero-order valence-electron chi connectivity index (χ0n) is 12.9. The Morgan fingerprint density at radius 2 is 1.75 bits per heavy atom. The molecule has 1 aromatic carbocycles. The number of carbonyl (C=O) groups excluding carboxylic acids is 1. The van der Waals surface area contributed by atoms with Crippen molar-refractivity contribution in [2.75, 3.05) is 13.1 Å². The first-order valence-corrected chi connectivity index (χ1v) is 9.79. The molecule has 1 aromatic heterocycles. The molecule has 2 aromatic rings. The monoisotopic (exact) mass is 386 g/mol. The largest absolute Gasteiger partial charge is 0.349 e. The molecule has 2 heterocycles. The summed E-state index contributed by atoms with van der Waals surface area (Å²) in [5, 5.41) is 6.22.